The second-order valence-electron chi connectivity index (χ2n) is 10.1. The van der Waals surface area contributed by atoms with Crippen LogP contribution in [0.2, 0.25) is 0 Å². The number of hydrogen-bond donors (Lipinski definition) is 3. The van der Waals surface area contributed by atoms with Crippen LogP contribution in [0.3, 0.4) is 0 Å². The quantitative estimate of drug-likeness (QED) is 0.353. The second kappa shape index (κ2) is 13.8. The molecule has 0 bridgehead atoms. The topological polar surface area (TPSA) is 109 Å². The molecule has 1 aliphatic carbocycles. The Morgan fingerprint density at radius 3 is 2.18 bits per heavy atom. The van der Waals surface area contributed by atoms with Gasteiger partial charge in [0, 0.05) is 62.9 Å². The van der Waals surface area contributed by atoms with Gasteiger partial charge in [-0.05, 0) is 38.3 Å². The number of nitrogens with zero attached hydrogens (tertiary/aromatic N) is 2. The Kier molecular flexibility index (Phi) is 11.5. The fraction of sp³-hybridized carbons (Fsp3) is 0.800. The van der Waals surface area contributed by atoms with Gasteiger partial charge in [-0.25, -0.2) is 0 Å². The van der Waals surface area contributed by atoms with Gasteiger partial charge >= 0.3 is 0 Å². The Hall–Kier alpha value is -1.97. The normalized spacial score (nSPS) is 22.0. The van der Waals surface area contributed by atoms with Crippen LogP contribution in [0.4, 0.5) is 0 Å². The van der Waals surface area contributed by atoms with Gasteiger partial charge in [0.05, 0.1) is 19.4 Å². The summed E-state index contributed by atoms with van der Waals surface area (Å²) in [6.45, 7) is 9.90. The summed E-state index contributed by atoms with van der Waals surface area (Å²) in [6, 6.07) is 0. The van der Waals surface area contributed by atoms with Crippen molar-refractivity contribution in [2.75, 3.05) is 54.1 Å². The number of aromatic nitrogens is 2. The number of carbonyl (C=O) groups excluding carboxylic acids is 2. The van der Waals surface area contributed by atoms with E-state index in [0.29, 0.717) is 39.1 Å². The first-order valence-corrected chi connectivity index (χ1v) is 12.5. The van der Waals surface area contributed by atoms with E-state index in [1.165, 1.54) is 0 Å². The molecule has 1 fully saturated rings. The first-order valence-electron chi connectivity index (χ1n) is 12.5. The number of H-pyrrole nitrogens is 1. The average Bonchev–Trinajstić information content (AvgIpc) is 3.25. The van der Waals surface area contributed by atoms with Gasteiger partial charge in [-0.3, -0.25) is 14.7 Å². The Bertz CT molecular complexity index is 732. The van der Waals surface area contributed by atoms with E-state index >= 15 is 0 Å². The lowest BCUT2D eigenvalue weighted by atomic mass is 9.58. The summed E-state index contributed by atoms with van der Waals surface area (Å²) in [7, 11) is 5.35. The first-order chi connectivity index (χ1) is 16.3. The standard InChI is InChI=1S/C25H45N5O4/c1-7-8-11-30(4)17-19-16-28-29-22(19)18-14-20(23(31)26-9-12-33-5)25(2,3)21(15-18)24(32)27-10-13-34-6/h16,18,20-21H,7-15,17H2,1-6H3,(H,26,31)(H,27,32)(H,28,29)/t18?,20-,21+. The van der Waals surface area contributed by atoms with Crippen LogP contribution in [-0.2, 0) is 25.6 Å². The van der Waals surface area contributed by atoms with Gasteiger partial charge in [-0.2, -0.15) is 5.10 Å². The highest BCUT2D eigenvalue weighted by molar-refractivity contribution is 5.84. The lowest BCUT2D eigenvalue weighted by Crippen LogP contribution is -2.52. The van der Waals surface area contributed by atoms with E-state index in [1.54, 1.807) is 14.2 Å². The minimum atomic E-state index is -0.497. The van der Waals surface area contributed by atoms with E-state index in [-0.39, 0.29) is 29.6 Å². The molecule has 3 atom stereocenters. The van der Waals surface area contributed by atoms with Crippen LogP contribution in [-0.4, -0.2) is 81.0 Å². The van der Waals surface area contributed by atoms with Crippen molar-refractivity contribution in [3.8, 4) is 0 Å². The molecule has 0 aliphatic heterocycles. The highest BCUT2D eigenvalue weighted by Crippen LogP contribution is 2.50. The van der Waals surface area contributed by atoms with Crippen LogP contribution in [0.5, 0.6) is 0 Å². The summed E-state index contributed by atoms with van der Waals surface area (Å²) < 4.78 is 10.2. The summed E-state index contributed by atoms with van der Waals surface area (Å²) in [4.78, 5) is 28.8. The molecule has 1 aliphatic rings. The number of methoxy groups -OCH3 is 2. The molecule has 2 rings (SSSR count). The highest BCUT2D eigenvalue weighted by Gasteiger charge is 2.50. The molecule has 9 nitrogen and oxygen atoms in total. The van der Waals surface area contributed by atoms with Gasteiger partial charge < -0.3 is 25.0 Å². The van der Waals surface area contributed by atoms with Crippen LogP contribution in [0, 0.1) is 17.3 Å². The maximum absolute atomic E-state index is 13.3. The molecule has 1 saturated carbocycles. The Morgan fingerprint density at radius 1 is 1.12 bits per heavy atom. The summed E-state index contributed by atoms with van der Waals surface area (Å²) in [5.41, 5.74) is 1.69. The number of rotatable bonds is 14. The Morgan fingerprint density at radius 2 is 1.68 bits per heavy atom. The van der Waals surface area contributed by atoms with Crippen molar-refractivity contribution < 1.29 is 19.1 Å². The molecule has 1 aromatic rings. The number of unbranched alkanes of at least 4 members (excludes halogenated alkanes) is 1. The molecule has 9 heteroatoms. The van der Waals surface area contributed by atoms with Gasteiger partial charge in [0.25, 0.3) is 0 Å². The molecular formula is C25H45N5O4. The SMILES string of the molecule is CCCCN(C)Cc1cn[nH]c1C1C[C@H](C(=O)NCCOC)C(C)(C)[C@H](C(=O)NCCOC)C1. The number of carbonyl (C=O) groups is 2. The smallest absolute Gasteiger partial charge is 0.223 e. The summed E-state index contributed by atoms with van der Waals surface area (Å²) in [5.74, 6) is -0.628. The minimum absolute atomic E-state index is 0.0254. The third kappa shape index (κ3) is 7.52. The highest BCUT2D eigenvalue weighted by atomic mass is 16.5. The van der Waals surface area contributed by atoms with Crippen molar-refractivity contribution in [1.29, 1.82) is 0 Å². The molecule has 3 N–H and O–H groups in total. The average molecular weight is 480 g/mol. The predicted molar refractivity (Wildman–Crippen MR) is 132 cm³/mol. The van der Waals surface area contributed by atoms with Crippen molar-refractivity contribution in [1.82, 2.24) is 25.7 Å². The fourth-order valence-electron chi connectivity index (χ4n) is 5.04. The fourth-order valence-corrected chi connectivity index (χ4v) is 5.04. The zero-order valence-corrected chi connectivity index (χ0v) is 21.9. The summed E-state index contributed by atoms with van der Waals surface area (Å²) in [5, 5.41) is 13.6. The van der Waals surface area contributed by atoms with Crippen LogP contribution >= 0.6 is 0 Å². The van der Waals surface area contributed by atoms with Crippen LogP contribution in [0.1, 0.15) is 63.6 Å². The van der Waals surface area contributed by atoms with Crippen molar-refractivity contribution >= 4 is 11.8 Å². The maximum Gasteiger partial charge on any atom is 0.223 e. The van der Waals surface area contributed by atoms with Crippen molar-refractivity contribution in [2.24, 2.45) is 17.3 Å². The van der Waals surface area contributed by atoms with Crippen molar-refractivity contribution in [2.45, 2.75) is 58.9 Å². The van der Waals surface area contributed by atoms with Crippen LogP contribution < -0.4 is 10.6 Å². The number of ether oxygens (including phenoxy) is 2. The Balaban J connectivity index is 2.28. The summed E-state index contributed by atoms with van der Waals surface area (Å²) in [6.07, 6.45) is 5.52. The van der Waals surface area contributed by atoms with Crippen LogP contribution in [0.25, 0.3) is 0 Å². The van der Waals surface area contributed by atoms with Crippen molar-refractivity contribution in [3.63, 3.8) is 0 Å². The molecular weight excluding hydrogens is 434 g/mol. The van der Waals surface area contributed by atoms with E-state index < -0.39 is 5.41 Å². The number of aromatic amines is 1. The van der Waals surface area contributed by atoms with E-state index in [4.69, 9.17) is 9.47 Å². The molecule has 0 spiro atoms. The van der Waals surface area contributed by atoms with Crippen LogP contribution in [0.15, 0.2) is 6.20 Å². The molecule has 194 valence electrons. The second-order valence-corrected chi connectivity index (χ2v) is 10.1. The Labute approximate surface area is 204 Å². The lowest BCUT2D eigenvalue weighted by Gasteiger charge is -2.46. The predicted octanol–water partition coefficient (Wildman–Crippen LogP) is 2.30. The van der Waals surface area contributed by atoms with E-state index in [1.807, 2.05) is 20.0 Å². The maximum atomic E-state index is 13.3. The largest absolute Gasteiger partial charge is 0.383 e. The molecule has 1 unspecified atom stereocenters. The molecule has 0 radical (unpaired) electrons. The molecule has 0 saturated heterocycles. The third-order valence-electron chi connectivity index (χ3n) is 7.17. The monoisotopic (exact) mass is 479 g/mol. The zero-order valence-electron chi connectivity index (χ0n) is 21.9. The first kappa shape index (κ1) is 28.3. The van der Waals surface area contributed by atoms with Gasteiger partial charge in [-0.1, -0.05) is 27.2 Å². The number of amides is 2. The number of hydrogen-bond acceptors (Lipinski definition) is 6. The van der Waals surface area contributed by atoms with E-state index in [0.717, 1.165) is 37.2 Å². The van der Waals surface area contributed by atoms with E-state index in [9.17, 15) is 9.59 Å². The molecule has 1 heterocycles. The van der Waals surface area contributed by atoms with Gasteiger partial charge in [0.1, 0.15) is 0 Å². The van der Waals surface area contributed by atoms with E-state index in [2.05, 4.69) is 39.7 Å². The third-order valence-corrected chi connectivity index (χ3v) is 7.17. The minimum Gasteiger partial charge on any atom is -0.383 e. The lowest BCUT2D eigenvalue weighted by molar-refractivity contribution is -0.140. The van der Waals surface area contributed by atoms with Crippen molar-refractivity contribution in [3.05, 3.63) is 17.5 Å². The summed E-state index contributed by atoms with van der Waals surface area (Å²) >= 11 is 0. The van der Waals surface area contributed by atoms with Gasteiger partial charge in [-0.15, -0.1) is 0 Å². The zero-order chi connectivity index (χ0) is 25.1. The number of nitrogens with one attached hydrogen (secondary N) is 3. The molecule has 1 aromatic heterocycles. The molecule has 34 heavy (non-hydrogen) atoms. The molecule has 2 amide bonds. The molecule has 0 aromatic carbocycles. The van der Waals surface area contributed by atoms with Gasteiger partial charge in [0.15, 0.2) is 0 Å². The van der Waals surface area contributed by atoms with Gasteiger partial charge in [0.2, 0.25) is 11.8 Å².